The molecule has 16 heteroatoms. The van der Waals surface area contributed by atoms with Crippen LogP contribution in [0.2, 0.25) is 0 Å². The molecule has 1 unspecified atom stereocenters. The highest BCUT2D eigenvalue weighted by Gasteiger charge is 2.61. The van der Waals surface area contributed by atoms with Gasteiger partial charge in [0.15, 0.2) is 11.0 Å². The van der Waals surface area contributed by atoms with E-state index in [2.05, 4.69) is 44.5 Å². The van der Waals surface area contributed by atoms with Crippen molar-refractivity contribution < 1.29 is 31.5 Å². The molecule has 9 nitrogen and oxygen atoms in total. The minimum atomic E-state index is -5.84. The van der Waals surface area contributed by atoms with E-state index in [4.69, 9.17) is 12.2 Å². The number of carbonyl (C=O) groups is 1. The van der Waals surface area contributed by atoms with Crippen molar-refractivity contribution in [1.82, 2.24) is 25.6 Å². The van der Waals surface area contributed by atoms with Crippen molar-refractivity contribution >= 4 is 45.9 Å². The minimum Gasteiger partial charge on any atom is -0.426 e. The second-order valence-electron chi connectivity index (χ2n) is 11.2. The van der Waals surface area contributed by atoms with E-state index >= 15 is 0 Å². The highest BCUT2D eigenvalue weighted by atomic mass is 32.2. The Morgan fingerprint density at radius 1 is 1.02 bits per heavy atom. The Kier molecular flexibility index (Phi) is 10.2. The second-order valence-corrected chi connectivity index (χ2v) is 12.5. The molecular formula is C32H30F5N7O2S2. The fraction of sp³-hybridized carbons (Fsp3) is 0.281. The molecule has 2 N–H and O–H groups in total. The maximum absolute atomic E-state index is 13.2. The second kappa shape index (κ2) is 14.0. The number of nitrogens with zero attached hydrogens (tertiary/aromatic N) is 5. The maximum atomic E-state index is 13.2. The van der Waals surface area contributed by atoms with Gasteiger partial charge in [0, 0.05) is 11.6 Å². The largest absolute Gasteiger partial charge is 0.499 e. The van der Waals surface area contributed by atoms with Gasteiger partial charge in [-0.25, -0.2) is 15.1 Å². The van der Waals surface area contributed by atoms with Gasteiger partial charge in [-0.3, -0.25) is 15.1 Å². The lowest BCUT2D eigenvalue weighted by Gasteiger charge is -2.22. The minimum absolute atomic E-state index is 0.0606. The number of aromatic nitrogens is 3. The van der Waals surface area contributed by atoms with Crippen LogP contribution in [0.25, 0.3) is 17.1 Å². The van der Waals surface area contributed by atoms with E-state index in [9.17, 15) is 26.7 Å². The quantitative estimate of drug-likeness (QED) is 0.105. The zero-order valence-electron chi connectivity index (χ0n) is 26.0. The zero-order chi connectivity index (χ0) is 34.8. The van der Waals surface area contributed by atoms with Crippen LogP contribution in [0.5, 0.6) is 5.75 Å². The molecule has 48 heavy (non-hydrogen) atoms. The van der Waals surface area contributed by atoms with Crippen LogP contribution >= 0.6 is 24.0 Å². The van der Waals surface area contributed by atoms with E-state index in [1.165, 1.54) is 34.9 Å². The Bertz CT molecular complexity index is 1830. The Morgan fingerprint density at radius 3 is 2.35 bits per heavy atom. The first-order chi connectivity index (χ1) is 22.6. The molecule has 1 amide bonds. The molecule has 4 aromatic rings. The average Bonchev–Trinajstić information content (AvgIpc) is 3.66. The summed E-state index contributed by atoms with van der Waals surface area (Å²) in [5, 5.41) is 5.05. The number of hydrazine groups is 1. The number of hydrogen-bond donors (Lipinski definition) is 2. The first-order valence-electron chi connectivity index (χ1n) is 14.6. The predicted molar refractivity (Wildman–Crippen MR) is 178 cm³/mol. The molecule has 0 radical (unpaired) electrons. The Hall–Kier alpha value is -4.41. The van der Waals surface area contributed by atoms with Gasteiger partial charge < -0.3 is 4.74 Å². The molecule has 5 rings (SSSR count). The zero-order valence-corrected chi connectivity index (χ0v) is 27.7. The lowest BCUT2D eigenvalue weighted by atomic mass is 9.99. The maximum Gasteiger partial charge on any atom is 0.499 e. The summed E-state index contributed by atoms with van der Waals surface area (Å²) < 4.78 is 68.8. The van der Waals surface area contributed by atoms with Gasteiger partial charge in [-0.1, -0.05) is 62.0 Å². The van der Waals surface area contributed by atoms with Gasteiger partial charge >= 0.3 is 12.3 Å². The number of halogens is 5. The lowest BCUT2D eigenvalue weighted by Crippen LogP contribution is -2.41. The van der Waals surface area contributed by atoms with Gasteiger partial charge in [0.25, 0.3) is 0 Å². The van der Waals surface area contributed by atoms with E-state index in [1.54, 1.807) is 4.90 Å². The predicted octanol–water partition coefficient (Wildman–Crippen LogP) is 7.48. The van der Waals surface area contributed by atoms with E-state index < -0.39 is 18.0 Å². The van der Waals surface area contributed by atoms with Gasteiger partial charge in [-0.15, -0.1) is 5.10 Å². The van der Waals surface area contributed by atoms with Crippen LogP contribution < -0.4 is 20.5 Å². The molecule has 1 aliphatic heterocycles. The summed E-state index contributed by atoms with van der Waals surface area (Å²) in [5.41, 5.74) is 10.9. The van der Waals surface area contributed by atoms with Gasteiger partial charge in [0.2, 0.25) is 11.0 Å². The number of amidine groups is 1. The Balaban J connectivity index is 1.20. The van der Waals surface area contributed by atoms with Crippen molar-refractivity contribution in [2.75, 3.05) is 10.7 Å². The molecule has 0 saturated carbocycles. The van der Waals surface area contributed by atoms with E-state index in [1.807, 2.05) is 56.3 Å². The molecule has 3 aromatic carbocycles. The summed E-state index contributed by atoms with van der Waals surface area (Å²) in [6, 6.07) is 17.7. The first kappa shape index (κ1) is 34.9. The van der Waals surface area contributed by atoms with Crippen LogP contribution in [-0.4, -0.2) is 49.0 Å². The molecule has 0 spiro atoms. The molecule has 1 fully saturated rings. The molecule has 2 heterocycles. The normalized spacial score (nSPS) is 15.3. The smallest absolute Gasteiger partial charge is 0.426 e. The number of thiocarbonyl (C=S) groups is 1. The van der Waals surface area contributed by atoms with E-state index in [0.717, 1.165) is 34.5 Å². The molecule has 1 aliphatic rings. The summed E-state index contributed by atoms with van der Waals surface area (Å²) in [4.78, 5) is 23.3. The number of nitrogens with one attached hydrogen (secondary N) is 2. The van der Waals surface area contributed by atoms with Gasteiger partial charge in [0.05, 0.1) is 17.1 Å². The van der Waals surface area contributed by atoms with Crippen LogP contribution in [0.1, 0.15) is 49.4 Å². The number of alkyl halides is 5. The molecule has 1 atom stereocenters. The van der Waals surface area contributed by atoms with Gasteiger partial charge in [-0.2, -0.15) is 26.9 Å². The number of ether oxygens (including phenoxy) is 1. The summed E-state index contributed by atoms with van der Waals surface area (Å²) in [7, 11) is 0. The Labute approximate surface area is 282 Å². The van der Waals surface area contributed by atoms with Crippen LogP contribution in [0.4, 0.5) is 27.6 Å². The number of carbonyl (C=O) groups excluding carboxylic acids is 1. The van der Waals surface area contributed by atoms with Gasteiger partial charge in [0.1, 0.15) is 12.1 Å². The summed E-state index contributed by atoms with van der Waals surface area (Å²) in [6.45, 7) is 8.05. The number of aliphatic imine (C=N–C) groups is 1. The van der Waals surface area contributed by atoms with Crippen molar-refractivity contribution in [3.8, 4) is 22.8 Å². The summed E-state index contributed by atoms with van der Waals surface area (Å²) >= 11 is 6.80. The van der Waals surface area contributed by atoms with Crippen LogP contribution in [0, 0.1) is 6.92 Å². The molecule has 0 bridgehead atoms. The van der Waals surface area contributed by atoms with Gasteiger partial charge in [-0.05, 0) is 79.0 Å². The van der Waals surface area contributed by atoms with Crippen molar-refractivity contribution in [2.45, 2.75) is 51.9 Å². The van der Waals surface area contributed by atoms with Crippen LogP contribution in [0.15, 0.2) is 78.0 Å². The van der Waals surface area contributed by atoms with E-state index in [-0.39, 0.29) is 28.7 Å². The summed E-state index contributed by atoms with van der Waals surface area (Å²) in [6.07, 6.45) is -9.77. The van der Waals surface area contributed by atoms with Crippen LogP contribution in [0.3, 0.4) is 0 Å². The lowest BCUT2D eigenvalue weighted by molar-refractivity contribution is -0.360. The third kappa shape index (κ3) is 7.82. The number of anilines is 1. The number of thioether (sulfide) groups is 1. The molecule has 1 aromatic heterocycles. The Morgan fingerprint density at radius 2 is 1.71 bits per heavy atom. The SMILES string of the molecule is Cc1ccc(C(C)C)c(N2C(=O)CSC2=NC(=S)NNC(C)c2ccc(-c3ncn(-c4ccc(OC(F)(F)C(F)(F)F)cc4)n3)cc2)c1. The third-order valence-electron chi connectivity index (χ3n) is 7.25. The first-order valence-corrected chi connectivity index (χ1v) is 16.0. The molecule has 252 valence electrons. The number of benzene rings is 3. The van der Waals surface area contributed by atoms with Crippen molar-refractivity contribution in [2.24, 2.45) is 4.99 Å². The third-order valence-corrected chi connectivity index (χ3v) is 8.36. The fourth-order valence-corrected chi connectivity index (χ4v) is 5.77. The number of hydrogen-bond acceptors (Lipinski definition) is 7. The average molecular weight is 704 g/mol. The van der Waals surface area contributed by atoms with E-state index in [0.29, 0.717) is 22.2 Å². The van der Waals surface area contributed by atoms with Crippen molar-refractivity contribution in [3.63, 3.8) is 0 Å². The molecule has 0 aliphatic carbocycles. The summed E-state index contributed by atoms with van der Waals surface area (Å²) in [5.74, 6) is 0.128. The molecular weight excluding hydrogens is 674 g/mol. The number of aryl methyl sites for hydroxylation is 1. The number of rotatable bonds is 9. The fourth-order valence-electron chi connectivity index (χ4n) is 4.70. The topological polar surface area (TPSA) is 96.7 Å². The monoisotopic (exact) mass is 703 g/mol. The standard InChI is InChI=1S/C32H30F5N7O2S2/c1-18(2)25-14-5-19(3)15-26(25)44-27(45)16-48-30(44)39-29(47)41-40-20(4)21-6-8-22(9-7-21)28-38-17-43(42-28)23-10-12-24(13-11-23)46-32(36,37)31(33,34)35/h5-15,17-18,20,40H,16H2,1-4H3,(H,41,47). The highest BCUT2D eigenvalue weighted by molar-refractivity contribution is 8.15. The molecule has 1 saturated heterocycles. The van der Waals surface area contributed by atoms with Crippen LogP contribution in [-0.2, 0) is 4.79 Å². The number of amides is 1. The van der Waals surface area contributed by atoms with Crippen molar-refractivity contribution in [1.29, 1.82) is 0 Å². The highest BCUT2D eigenvalue weighted by Crippen LogP contribution is 2.37. The van der Waals surface area contributed by atoms with Crippen molar-refractivity contribution in [3.05, 3.63) is 89.7 Å².